The van der Waals surface area contributed by atoms with Gasteiger partial charge < -0.3 is 9.16 Å². The van der Waals surface area contributed by atoms with Gasteiger partial charge >= 0.3 is 0 Å². The highest BCUT2D eigenvalue weighted by Gasteiger charge is 2.39. The summed E-state index contributed by atoms with van der Waals surface area (Å²) < 4.78 is 12.3. The van der Waals surface area contributed by atoms with Crippen molar-refractivity contribution in [3.05, 3.63) is 59.6 Å². The van der Waals surface area contributed by atoms with E-state index < -0.39 is 8.32 Å². The van der Waals surface area contributed by atoms with Crippen molar-refractivity contribution < 1.29 is 9.16 Å². The molecule has 0 bridgehead atoms. The third-order valence-electron chi connectivity index (χ3n) is 4.54. The SMILES string of the molecule is C/C=C(O[Si](C)(C)C(C)(C)C)/C(C)=C/O[C@@H](C)c1ccccc1. The summed E-state index contributed by atoms with van der Waals surface area (Å²) in [5, 5.41) is 0.180. The maximum absolute atomic E-state index is 6.40. The summed E-state index contributed by atoms with van der Waals surface area (Å²) in [6.45, 7) is 17.4. The Morgan fingerprint density at radius 1 is 1.13 bits per heavy atom. The number of benzene rings is 1. The van der Waals surface area contributed by atoms with Crippen LogP contribution in [0.25, 0.3) is 0 Å². The molecule has 0 aliphatic rings. The van der Waals surface area contributed by atoms with Crippen molar-refractivity contribution in [2.45, 2.75) is 65.8 Å². The second-order valence-electron chi connectivity index (χ2n) is 7.51. The van der Waals surface area contributed by atoms with Gasteiger partial charge in [-0.15, -0.1) is 0 Å². The Morgan fingerprint density at radius 3 is 2.17 bits per heavy atom. The van der Waals surface area contributed by atoms with E-state index in [0.717, 1.165) is 11.3 Å². The van der Waals surface area contributed by atoms with Gasteiger partial charge in [-0.3, -0.25) is 0 Å². The van der Waals surface area contributed by atoms with E-state index in [0.29, 0.717) is 0 Å². The van der Waals surface area contributed by atoms with Crippen molar-refractivity contribution in [3.63, 3.8) is 0 Å². The van der Waals surface area contributed by atoms with Crippen molar-refractivity contribution in [3.8, 4) is 0 Å². The van der Waals surface area contributed by atoms with Gasteiger partial charge in [0, 0.05) is 5.57 Å². The van der Waals surface area contributed by atoms with Gasteiger partial charge in [0.05, 0.1) is 6.26 Å². The number of allylic oxidation sites excluding steroid dienone is 2. The van der Waals surface area contributed by atoms with Crippen LogP contribution in [0.3, 0.4) is 0 Å². The fourth-order valence-electron chi connectivity index (χ4n) is 1.86. The molecule has 1 aromatic rings. The van der Waals surface area contributed by atoms with Crippen LogP contribution in [0.4, 0.5) is 0 Å². The molecule has 0 N–H and O–H groups in total. The van der Waals surface area contributed by atoms with Crippen LogP contribution in [0.5, 0.6) is 0 Å². The first-order valence-electron chi connectivity index (χ1n) is 8.31. The first-order chi connectivity index (χ1) is 10.6. The first kappa shape index (κ1) is 19.6. The Bertz CT molecular complexity index is 551. The van der Waals surface area contributed by atoms with Crippen LogP contribution >= 0.6 is 0 Å². The van der Waals surface area contributed by atoms with Gasteiger partial charge in [0.2, 0.25) is 8.32 Å². The molecular formula is C20H32O2Si. The molecule has 0 aliphatic carbocycles. The standard InChI is InChI=1S/C20H32O2Si/c1-9-19(22-23(7,8)20(4,5)6)16(2)15-21-17(3)18-13-11-10-12-14-18/h9-15,17H,1-8H3/b16-15+,19-9-/t17-/m0/s1. The predicted octanol–water partition coefficient (Wildman–Crippen LogP) is 6.59. The molecule has 3 heteroatoms. The Balaban J connectivity index is 2.79. The minimum Gasteiger partial charge on any atom is -0.543 e. The van der Waals surface area contributed by atoms with E-state index in [-0.39, 0.29) is 11.1 Å². The molecule has 0 spiro atoms. The molecule has 0 unspecified atom stereocenters. The molecule has 23 heavy (non-hydrogen) atoms. The molecule has 1 aromatic carbocycles. The molecule has 1 rings (SSSR count). The zero-order valence-corrected chi connectivity index (χ0v) is 16.9. The van der Waals surface area contributed by atoms with Crippen LogP contribution in [0.2, 0.25) is 18.1 Å². The molecule has 1 atom stereocenters. The topological polar surface area (TPSA) is 18.5 Å². The van der Waals surface area contributed by atoms with E-state index in [1.165, 1.54) is 5.56 Å². The minimum atomic E-state index is -1.84. The van der Waals surface area contributed by atoms with Crippen molar-refractivity contribution in [2.75, 3.05) is 0 Å². The van der Waals surface area contributed by atoms with E-state index in [1.54, 1.807) is 0 Å². The lowest BCUT2D eigenvalue weighted by atomic mass is 10.1. The molecule has 0 heterocycles. The van der Waals surface area contributed by atoms with Gasteiger partial charge in [-0.1, -0.05) is 51.1 Å². The Kier molecular flexibility index (Phi) is 6.69. The van der Waals surface area contributed by atoms with Crippen molar-refractivity contribution in [1.29, 1.82) is 0 Å². The number of ether oxygens (including phenoxy) is 1. The summed E-state index contributed by atoms with van der Waals surface area (Å²) in [6, 6.07) is 10.2. The maximum Gasteiger partial charge on any atom is 0.250 e. The third kappa shape index (κ3) is 5.58. The lowest BCUT2D eigenvalue weighted by Crippen LogP contribution is -2.40. The van der Waals surface area contributed by atoms with E-state index in [9.17, 15) is 0 Å². The van der Waals surface area contributed by atoms with Gasteiger partial charge in [-0.25, -0.2) is 0 Å². The molecule has 128 valence electrons. The van der Waals surface area contributed by atoms with E-state index >= 15 is 0 Å². The molecule has 0 radical (unpaired) electrons. The second-order valence-corrected chi connectivity index (χ2v) is 12.2. The fourth-order valence-corrected chi connectivity index (χ4v) is 2.99. The number of hydrogen-bond acceptors (Lipinski definition) is 2. The zero-order valence-electron chi connectivity index (χ0n) is 15.9. The summed E-state index contributed by atoms with van der Waals surface area (Å²) in [5.74, 6) is 0.928. The lowest BCUT2D eigenvalue weighted by Gasteiger charge is -2.37. The van der Waals surface area contributed by atoms with Gasteiger partial charge in [0.15, 0.2) is 0 Å². The van der Waals surface area contributed by atoms with Crippen LogP contribution < -0.4 is 0 Å². The van der Waals surface area contributed by atoms with Gasteiger partial charge in [0.1, 0.15) is 11.9 Å². The van der Waals surface area contributed by atoms with E-state index in [4.69, 9.17) is 9.16 Å². The fraction of sp³-hybridized carbons (Fsp3) is 0.500. The second kappa shape index (κ2) is 7.87. The molecule has 0 saturated carbocycles. The Morgan fingerprint density at radius 2 is 1.70 bits per heavy atom. The van der Waals surface area contributed by atoms with Gasteiger partial charge in [-0.2, -0.15) is 0 Å². The molecule has 0 amide bonds. The quantitative estimate of drug-likeness (QED) is 0.332. The number of rotatable bonds is 6. The summed E-state index contributed by atoms with van der Waals surface area (Å²) in [6.07, 6.45) is 3.88. The highest BCUT2D eigenvalue weighted by molar-refractivity contribution is 6.74. The van der Waals surface area contributed by atoms with Crippen molar-refractivity contribution >= 4 is 8.32 Å². The molecular weight excluding hydrogens is 300 g/mol. The molecule has 0 aliphatic heterocycles. The average molecular weight is 333 g/mol. The minimum absolute atomic E-state index is 0.0251. The van der Waals surface area contributed by atoms with Gasteiger partial charge in [-0.05, 0) is 50.5 Å². The summed E-state index contributed by atoms with van der Waals surface area (Å²) in [5.41, 5.74) is 2.20. The summed E-state index contributed by atoms with van der Waals surface area (Å²) in [4.78, 5) is 0. The third-order valence-corrected chi connectivity index (χ3v) is 8.88. The molecule has 0 saturated heterocycles. The first-order valence-corrected chi connectivity index (χ1v) is 11.2. The average Bonchev–Trinajstić information content (AvgIpc) is 2.49. The molecule has 2 nitrogen and oxygen atoms in total. The van der Waals surface area contributed by atoms with Crippen LogP contribution in [0.1, 0.15) is 53.2 Å². The van der Waals surface area contributed by atoms with Crippen LogP contribution in [0, 0.1) is 0 Å². The van der Waals surface area contributed by atoms with E-state index in [1.807, 2.05) is 44.4 Å². The predicted molar refractivity (Wildman–Crippen MR) is 102 cm³/mol. The van der Waals surface area contributed by atoms with Crippen LogP contribution in [-0.4, -0.2) is 8.32 Å². The Labute approximate surface area is 143 Å². The summed E-state index contributed by atoms with van der Waals surface area (Å²) in [7, 11) is -1.84. The smallest absolute Gasteiger partial charge is 0.250 e. The monoisotopic (exact) mass is 332 g/mol. The van der Waals surface area contributed by atoms with Crippen LogP contribution in [0.15, 0.2) is 54.0 Å². The van der Waals surface area contributed by atoms with Crippen LogP contribution in [-0.2, 0) is 9.16 Å². The van der Waals surface area contributed by atoms with Gasteiger partial charge in [0.25, 0.3) is 0 Å². The Hall–Kier alpha value is -1.48. The number of hydrogen-bond donors (Lipinski definition) is 0. The van der Waals surface area contributed by atoms with Crippen molar-refractivity contribution in [1.82, 2.24) is 0 Å². The zero-order chi connectivity index (χ0) is 17.7. The highest BCUT2D eigenvalue weighted by atomic mass is 28.4. The molecule has 0 aromatic heterocycles. The maximum atomic E-state index is 6.40. The summed E-state index contributed by atoms with van der Waals surface area (Å²) >= 11 is 0. The van der Waals surface area contributed by atoms with E-state index in [2.05, 4.69) is 52.9 Å². The largest absolute Gasteiger partial charge is 0.543 e. The normalized spacial score (nSPS) is 15.3. The highest BCUT2D eigenvalue weighted by Crippen LogP contribution is 2.38. The molecule has 0 fully saturated rings. The lowest BCUT2D eigenvalue weighted by molar-refractivity contribution is 0.161. The van der Waals surface area contributed by atoms with Crippen molar-refractivity contribution in [2.24, 2.45) is 0 Å².